The van der Waals surface area contributed by atoms with E-state index in [1.165, 1.54) is 12.0 Å². The van der Waals surface area contributed by atoms with Crippen LogP contribution in [-0.4, -0.2) is 74.1 Å². The molecular formula is C18H26N4O. The lowest BCUT2D eigenvalue weighted by molar-refractivity contribution is -0.119. The molecule has 2 saturated heterocycles. The minimum absolute atomic E-state index is 0.260. The molecule has 3 heterocycles. The van der Waals surface area contributed by atoms with Gasteiger partial charge in [0.25, 0.3) is 0 Å². The lowest BCUT2D eigenvalue weighted by Crippen LogP contribution is -2.49. The normalized spacial score (nSPS) is 25.7. The summed E-state index contributed by atoms with van der Waals surface area (Å²) in [6.07, 6.45) is 2.19. The first-order chi connectivity index (χ1) is 11.3. The van der Waals surface area contributed by atoms with Crippen LogP contribution in [0.3, 0.4) is 0 Å². The van der Waals surface area contributed by atoms with E-state index in [0.717, 1.165) is 57.9 Å². The Hall–Kier alpha value is -1.43. The second-order valence-electron chi connectivity index (χ2n) is 6.89. The molecule has 124 valence electrons. The zero-order valence-corrected chi connectivity index (χ0v) is 13.7. The molecule has 0 aromatic heterocycles. The molecule has 1 unspecified atom stereocenters. The van der Waals surface area contributed by atoms with Gasteiger partial charge in [0.1, 0.15) is 0 Å². The van der Waals surface area contributed by atoms with Crippen molar-refractivity contribution in [2.24, 2.45) is 0 Å². The van der Waals surface area contributed by atoms with Gasteiger partial charge in [-0.15, -0.1) is 0 Å². The van der Waals surface area contributed by atoms with Gasteiger partial charge in [0.05, 0.1) is 6.54 Å². The smallest absolute Gasteiger partial charge is 0.241 e. The maximum Gasteiger partial charge on any atom is 0.241 e. The minimum Gasteiger partial charge on any atom is -0.314 e. The van der Waals surface area contributed by atoms with Crippen molar-refractivity contribution in [2.45, 2.75) is 18.9 Å². The molecule has 0 spiro atoms. The van der Waals surface area contributed by atoms with Crippen molar-refractivity contribution in [1.29, 1.82) is 0 Å². The summed E-state index contributed by atoms with van der Waals surface area (Å²) in [6, 6.07) is 8.94. The van der Waals surface area contributed by atoms with Crippen molar-refractivity contribution in [3.63, 3.8) is 0 Å². The van der Waals surface area contributed by atoms with Gasteiger partial charge >= 0.3 is 0 Å². The fraction of sp³-hybridized carbons (Fsp3) is 0.611. The van der Waals surface area contributed by atoms with Crippen LogP contribution in [0.1, 0.15) is 12.0 Å². The highest BCUT2D eigenvalue weighted by molar-refractivity contribution is 5.96. The summed E-state index contributed by atoms with van der Waals surface area (Å²) in [5, 5.41) is 3.41. The van der Waals surface area contributed by atoms with E-state index in [0.29, 0.717) is 12.6 Å². The van der Waals surface area contributed by atoms with Crippen molar-refractivity contribution in [3.8, 4) is 0 Å². The van der Waals surface area contributed by atoms with Gasteiger partial charge in [-0.1, -0.05) is 18.2 Å². The van der Waals surface area contributed by atoms with E-state index in [1.807, 2.05) is 11.0 Å². The summed E-state index contributed by atoms with van der Waals surface area (Å²) >= 11 is 0. The lowest BCUT2D eigenvalue weighted by Gasteiger charge is -2.32. The molecule has 3 aliphatic heterocycles. The van der Waals surface area contributed by atoms with Crippen molar-refractivity contribution in [1.82, 2.24) is 15.1 Å². The predicted molar refractivity (Wildman–Crippen MR) is 91.8 cm³/mol. The van der Waals surface area contributed by atoms with Gasteiger partial charge in [-0.05, 0) is 24.5 Å². The molecule has 3 aliphatic rings. The van der Waals surface area contributed by atoms with Gasteiger partial charge in [-0.25, -0.2) is 0 Å². The van der Waals surface area contributed by atoms with Crippen LogP contribution in [0.15, 0.2) is 24.3 Å². The number of hydrogen-bond donors (Lipinski definition) is 1. The fourth-order valence-electron chi connectivity index (χ4n) is 4.18. The average molecular weight is 314 g/mol. The molecule has 2 fully saturated rings. The number of hydrogen-bond acceptors (Lipinski definition) is 4. The molecule has 5 heteroatoms. The van der Waals surface area contributed by atoms with E-state index in [9.17, 15) is 4.79 Å². The Balaban J connectivity index is 1.33. The van der Waals surface area contributed by atoms with Gasteiger partial charge in [0.2, 0.25) is 5.91 Å². The topological polar surface area (TPSA) is 38.8 Å². The summed E-state index contributed by atoms with van der Waals surface area (Å²) in [4.78, 5) is 19.6. The van der Waals surface area contributed by atoms with E-state index in [1.54, 1.807) is 0 Å². The number of para-hydroxylation sites is 1. The van der Waals surface area contributed by atoms with Crippen molar-refractivity contribution < 1.29 is 4.79 Å². The third-order valence-electron chi connectivity index (χ3n) is 5.46. The van der Waals surface area contributed by atoms with Crippen LogP contribution in [0.2, 0.25) is 0 Å². The highest BCUT2D eigenvalue weighted by Crippen LogP contribution is 2.27. The van der Waals surface area contributed by atoms with Crippen LogP contribution in [0.5, 0.6) is 0 Å². The van der Waals surface area contributed by atoms with Gasteiger partial charge < -0.3 is 10.2 Å². The Kier molecular flexibility index (Phi) is 4.33. The standard InChI is InChI=1S/C18H26N4O/c23-18(22-10-5-15-3-1-2-4-17(15)22)14-20-9-6-16(13-20)21-11-7-19-8-12-21/h1-4,16,19H,5-14H2. The Morgan fingerprint density at radius 1 is 1.13 bits per heavy atom. The second kappa shape index (κ2) is 6.59. The van der Waals surface area contributed by atoms with E-state index < -0.39 is 0 Å². The Morgan fingerprint density at radius 3 is 2.83 bits per heavy atom. The zero-order valence-electron chi connectivity index (χ0n) is 13.7. The van der Waals surface area contributed by atoms with Crippen molar-refractivity contribution in [3.05, 3.63) is 29.8 Å². The molecule has 4 rings (SSSR count). The number of rotatable bonds is 3. The highest BCUT2D eigenvalue weighted by atomic mass is 16.2. The number of benzene rings is 1. The molecule has 1 aromatic rings. The van der Waals surface area contributed by atoms with Crippen LogP contribution in [0.25, 0.3) is 0 Å². The van der Waals surface area contributed by atoms with Crippen LogP contribution in [0.4, 0.5) is 5.69 Å². The van der Waals surface area contributed by atoms with Gasteiger partial charge in [-0.2, -0.15) is 0 Å². The predicted octanol–water partition coefficient (Wildman–Crippen LogP) is 0.555. The first-order valence-corrected chi connectivity index (χ1v) is 8.86. The third-order valence-corrected chi connectivity index (χ3v) is 5.46. The molecule has 0 aliphatic carbocycles. The first-order valence-electron chi connectivity index (χ1n) is 8.86. The summed E-state index contributed by atoms with van der Waals surface area (Å²) in [5.41, 5.74) is 2.43. The van der Waals surface area contributed by atoms with Crippen molar-refractivity contribution >= 4 is 11.6 Å². The lowest BCUT2D eigenvalue weighted by atomic mass is 10.2. The van der Waals surface area contributed by atoms with E-state index in [2.05, 4.69) is 33.3 Å². The second-order valence-corrected chi connectivity index (χ2v) is 6.89. The molecule has 5 nitrogen and oxygen atoms in total. The molecule has 0 saturated carbocycles. The molecule has 1 atom stereocenters. The SMILES string of the molecule is O=C(CN1CCC(N2CCNCC2)C1)N1CCc2ccccc21. The number of nitrogens with zero attached hydrogens (tertiary/aromatic N) is 3. The summed E-state index contributed by atoms with van der Waals surface area (Å²) in [5.74, 6) is 0.260. The third kappa shape index (κ3) is 3.13. The molecule has 0 radical (unpaired) electrons. The Labute approximate surface area is 138 Å². The van der Waals surface area contributed by atoms with Gasteiger partial charge in [0.15, 0.2) is 0 Å². The van der Waals surface area contributed by atoms with E-state index >= 15 is 0 Å². The average Bonchev–Trinajstić information content (AvgIpc) is 3.22. The number of nitrogens with one attached hydrogen (secondary N) is 1. The van der Waals surface area contributed by atoms with E-state index in [-0.39, 0.29) is 5.91 Å². The maximum absolute atomic E-state index is 12.7. The summed E-state index contributed by atoms with van der Waals surface area (Å²) in [7, 11) is 0. The zero-order chi connectivity index (χ0) is 15.6. The molecular weight excluding hydrogens is 288 g/mol. The van der Waals surface area contributed by atoms with Crippen LogP contribution < -0.4 is 10.2 Å². The fourth-order valence-corrected chi connectivity index (χ4v) is 4.18. The largest absolute Gasteiger partial charge is 0.314 e. The highest BCUT2D eigenvalue weighted by Gasteiger charge is 2.31. The summed E-state index contributed by atoms with van der Waals surface area (Å²) < 4.78 is 0. The molecule has 1 amide bonds. The number of piperazine rings is 1. The quantitative estimate of drug-likeness (QED) is 0.885. The monoisotopic (exact) mass is 314 g/mol. The summed E-state index contributed by atoms with van der Waals surface area (Å²) in [6.45, 7) is 7.99. The molecule has 0 bridgehead atoms. The van der Waals surface area contributed by atoms with Gasteiger partial charge in [-0.3, -0.25) is 14.6 Å². The number of carbonyl (C=O) groups excluding carboxylic acids is 1. The van der Waals surface area contributed by atoms with Crippen LogP contribution in [0, 0.1) is 0 Å². The van der Waals surface area contributed by atoms with Crippen LogP contribution >= 0.6 is 0 Å². The number of fused-ring (bicyclic) bond motifs is 1. The van der Waals surface area contributed by atoms with Crippen LogP contribution in [-0.2, 0) is 11.2 Å². The van der Waals surface area contributed by atoms with E-state index in [4.69, 9.17) is 0 Å². The van der Waals surface area contributed by atoms with Crippen molar-refractivity contribution in [2.75, 3.05) is 57.3 Å². The number of carbonyl (C=O) groups is 1. The molecule has 23 heavy (non-hydrogen) atoms. The van der Waals surface area contributed by atoms with Gasteiger partial charge in [0, 0.05) is 57.5 Å². The molecule has 1 aromatic carbocycles. The molecule has 1 N–H and O–H groups in total. The number of anilines is 1. The number of likely N-dealkylation sites (tertiary alicyclic amines) is 1. The Morgan fingerprint density at radius 2 is 1.96 bits per heavy atom. The Bertz CT molecular complexity index is 570. The number of amides is 1. The minimum atomic E-state index is 0.260. The first kappa shape index (κ1) is 15.1. The maximum atomic E-state index is 12.7.